The SMILES string of the molecule is CC(C)OCC(=O)CCCOCCOCCN1CCN(c2ccc(C(C)(C)C)cc2)CC1. The van der Waals surface area contributed by atoms with Crippen LogP contribution in [0.15, 0.2) is 24.3 Å². The van der Waals surface area contributed by atoms with Gasteiger partial charge in [-0.25, -0.2) is 0 Å². The van der Waals surface area contributed by atoms with E-state index in [0.717, 1.165) is 45.8 Å². The van der Waals surface area contributed by atoms with Crippen molar-refractivity contribution in [1.82, 2.24) is 4.90 Å². The van der Waals surface area contributed by atoms with Crippen molar-refractivity contribution in [2.24, 2.45) is 0 Å². The van der Waals surface area contributed by atoms with Crippen LogP contribution in [-0.4, -0.2) is 82.5 Å². The van der Waals surface area contributed by atoms with Gasteiger partial charge in [0.05, 0.1) is 25.9 Å². The molecular weight excluding hydrogens is 404 g/mol. The Hall–Kier alpha value is -1.47. The highest BCUT2D eigenvalue weighted by Gasteiger charge is 2.18. The fraction of sp³-hybridized carbons (Fsp3) is 0.731. The Kier molecular flexibility index (Phi) is 11.7. The lowest BCUT2D eigenvalue weighted by molar-refractivity contribution is -0.125. The molecule has 1 aliphatic rings. The molecule has 182 valence electrons. The number of hydrogen-bond donors (Lipinski definition) is 0. The van der Waals surface area contributed by atoms with Crippen LogP contribution in [0.3, 0.4) is 0 Å². The topological polar surface area (TPSA) is 51.2 Å². The number of ether oxygens (including phenoxy) is 3. The minimum atomic E-state index is 0.0991. The number of Topliss-reactive ketones (excluding diaryl/α,β-unsaturated/α-hetero) is 1. The van der Waals surface area contributed by atoms with E-state index in [1.807, 2.05) is 13.8 Å². The Labute approximate surface area is 195 Å². The quantitative estimate of drug-likeness (QED) is 0.402. The monoisotopic (exact) mass is 448 g/mol. The molecule has 1 heterocycles. The second-order valence-electron chi connectivity index (χ2n) is 9.85. The number of nitrogens with zero attached hydrogens (tertiary/aromatic N) is 2. The molecular formula is C26H44N2O4. The summed E-state index contributed by atoms with van der Waals surface area (Å²) in [6.45, 7) is 18.5. The molecule has 0 saturated carbocycles. The van der Waals surface area contributed by atoms with Crippen molar-refractivity contribution in [3.8, 4) is 0 Å². The van der Waals surface area contributed by atoms with E-state index >= 15 is 0 Å². The highest BCUT2D eigenvalue weighted by atomic mass is 16.5. The Bertz CT molecular complexity index is 647. The van der Waals surface area contributed by atoms with Crippen LogP contribution in [0.2, 0.25) is 0 Å². The number of carbonyl (C=O) groups excluding carboxylic acids is 1. The van der Waals surface area contributed by atoms with E-state index in [2.05, 4.69) is 54.8 Å². The zero-order chi connectivity index (χ0) is 23.4. The van der Waals surface area contributed by atoms with Crippen LogP contribution in [-0.2, 0) is 24.4 Å². The third-order valence-electron chi connectivity index (χ3n) is 5.72. The predicted molar refractivity (Wildman–Crippen MR) is 131 cm³/mol. The summed E-state index contributed by atoms with van der Waals surface area (Å²) in [5.41, 5.74) is 2.90. The fourth-order valence-corrected chi connectivity index (χ4v) is 3.62. The van der Waals surface area contributed by atoms with Crippen LogP contribution in [0.4, 0.5) is 5.69 Å². The van der Waals surface area contributed by atoms with Gasteiger partial charge < -0.3 is 19.1 Å². The standard InChI is InChI=1S/C26H44N2O4/c1-22(2)32-21-25(29)7-6-17-30-19-20-31-18-16-27-12-14-28(15-13-27)24-10-8-23(9-11-24)26(3,4)5/h8-11,22H,6-7,12-21H2,1-5H3. The lowest BCUT2D eigenvalue weighted by atomic mass is 9.87. The molecule has 0 N–H and O–H groups in total. The van der Waals surface area contributed by atoms with E-state index < -0.39 is 0 Å². The number of rotatable bonds is 14. The molecule has 0 amide bonds. The fourth-order valence-electron chi connectivity index (χ4n) is 3.62. The first-order valence-corrected chi connectivity index (χ1v) is 12.1. The molecule has 0 atom stereocenters. The summed E-state index contributed by atoms with van der Waals surface area (Å²) >= 11 is 0. The van der Waals surface area contributed by atoms with Gasteiger partial charge in [0.1, 0.15) is 6.61 Å². The van der Waals surface area contributed by atoms with Crippen molar-refractivity contribution in [3.05, 3.63) is 29.8 Å². The van der Waals surface area contributed by atoms with E-state index in [0.29, 0.717) is 26.2 Å². The molecule has 1 aromatic carbocycles. The molecule has 6 nitrogen and oxygen atoms in total. The number of piperazine rings is 1. The Morgan fingerprint density at radius 2 is 1.56 bits per heavy atom. The van der Waals surface area contributed by atoms with Gasteiger partial charge in [-0.2, -0.15) is 0 Å². The van der Waals surface area contributed by atoms with Gasteiger partial charge >= 0.3 is 0 Å². The first-order chi connectivity index (χ1) is 15.3. The number of ketones is 1. The third kappa shape index (κ3) is 10.4. The lowest BCUT2D eigenvalue weighted by Crippen LogP contribution is -2.47. The molecule has 32 heavy (non-hydrogen) atoms. The van der Waals surface area contributed by atoms with Gasteiger partial charge in [-0.15, -0.1) is 0 Å². The summed E-state index contributed by atoms with van der Waals surface area (Å²) in [4.78, 5) is 16.5. The zero-order valence-corrected chi connectivity index (χ0v) is 20.9. The molecule has 2 rings (SSSR count). The average Bonchev–Trinajstić information content (AvgIpc) is 2.76. The minimum absolute atomic E-state index is 0.0991. The van der Waals surface area contributed by atoms with Crippen LogP contribution in [0.25, 0.3) is 0 Å². The largest absolute Gasteiger partial charge is 0.379 e. The summed E-state index contributed by atoms with van der Waals surface area (Å²) in [7, 11) is 0. The van der Waals surface area contributed by atoms with Gasteiger partial charge in [0.2, 0.25) is 0 Å². The molecule has 0 radical (unpaired) electrons. The number of carbonyl (C=O) groups is 1. The molecule has 1 aromatic rings. The van der Waals surface area contributed by atoms with Crippen molar-refractivity contribution < 1.29 is 19.0 Å². The number of hydrogen-bond acceptors (Lipinski definition) is 6. The maximum Gasteiger partial charge on any atom is 0.158 e. The third-order valence-corrected chi connectivity index (χ3v) is 5.72. The molecule has 0 aliphatic carbocycles. The van der Waals surface area contributed by atoms with Gasteiger partial charge in [0, 0.05) is 51.4 Å². The van der Waals surface area contributed by atoms with Gasteiger partial charge in [-0.05, 0) is 43.4 Å². The van der Waals surface area contributed by atoms with Crippen LogP contribution in [0, 0.1) is 0 Å². The van der Waals surface area contributed by atoms with Gasteiger partial charge in [-0.1, -0.05) is 32.9 Å². The molecule has 0 aromatic heterocycles. The summed E-state index contributed by atoms with van der Waals surface area (Å²) in [5.74, 6) is 0.139. The normalized spacial score (nSPS) is 15.5. The first-order valence-electron chi connectivity index (χ1n) is 12.1. The second-order valence-corrected chi connectivity index (χ2v) is 9.85. The minimum Gasteiger partial charge on any atom is -0.379 e. The smallest absolute Gasteiger partial charge is 0.158 e. The second kappa shape index (κ2) is 13.9. The molecule has 0 bridgehead atoms. The average molecular weight is 449 g/mol. The molecule has 6 heteroatoms. The van der Waals surface area contributed by atoms with E-state index in [1.165, 1.54) is 11.3 Å². The van der Waals surface area contributed by atoms with Crippen molar-refractivity contribution in [1.29, 1.82) is 0 Å². The van der Waals surface area contributed by atoms with Crippen LogP contribution in [0.1, 0.15) is 53.0 Å². The van der Waals surface area contributed by atoms with Gasteiger partial charge in [-0.3, -0.25) is 9.69 Å². The Balaban J connectivity index is 1.47. The molecule has 0 unspecified atom stereocenters. The number of benzene rings is 1. The predicted octanol–water partition coefficient (Wildman–Crippen LogP) is 3.91. The lowest BCUT2D eigenvalue weighted by Gasteiger charge is -2.36. The highest BCUT2D eigenvalue weighted by Crippen LogP contribution is 2.25. The molecule has 1 saturated heterocycles. The highest BCUT2D eigenvalue weighted by molar-refractivity contribution is 5.79. The molecule has 1 fully saturated rings. The summed E-state index contributed by atoms with van der Waals surface area (Å²) in [5, 5.41) is 0. The van der Waals surface area contributed by atoms with E-state index in [-0.39, 0.29) is 23.9 Å². The van der Waals surface area contributed by atoms with Crippen molar-refractivity contribution >= 4 is 11.5 Å². The van der Waals surface area contributed by atoms with E-state index in [4.69, 9.17) is 14.2 Å². The maximum absolute atomic E-state index is 11.6. The first kappa shape index (κ1) is 26.8. The van der Waals surface area contributed by atoms with Crippen LogP contribution in [0.5, 0.6) is 0 Å². The number of anilines is 1. The van der Waals surface area contributed by atoms with Crippen LogP contribution >= 0.6 is 0 Å². The Morgan fingerprint density at radius 1 is 0.938 bits per heavy atom. The van der Waals surface area contributed by atoms with Gasteiger partial charge in [0.25, 0.3) is 0 Å². The molecule has 0 spiro atoms. The van der Waals surface area contributed by atoms with Crippen LogP contribution < -0.4 is 4.90 Å². The summed E-state index contributed by atoms with van der Waals surface area (Å²) < 4.78 is 16.6. The van der Waals surface area contributed by atoms with Crippen molar-refractivity contribution in [3.63, 3.8) is 0 Å². The zero-order valence-electron chi connectivity index (χ0n) is 20.9. The van der Waals surface area contributed by atoms with Crippen molar-refractivity contribution in [2.75, 3.05) is 70.7 Å². The van der Waals surface area contributed by atoms with E-state index in [9.17, 15) is 4.79 Å². The van der Waals surface area contributed by atoms with E-state index in [1.54, 1.807) is 0 Å². The van der Waals surface area contributed by atoms with Crippen molar-refractivity contribution in [2.45, 2.75) is 59.0 Å². The summed E-state index contributed by atoms with van der Waals surface area (Å²) in [6, 6.07) is 9.04. The van der Waals surface area contributed by atoms with Gasteiger partial charge in [0.15, 0.2) is 5.78 Å². The molecule has 1 aliphatic heterocycles. The summed E-state index contributed by atoms with van der Waals surface area (Å²) in [6.07, 6.45) is 1.35. The Morgan fingerprint density at radius 3 is 2.16 bits per heavy atom. The maximum atomic E-state index is 11.6.